The molecule has 0 heterocycles. The van der Waals surface area contributed by atoms with E-state index in [0.29, 0.717) is 23.9 Å². The van der Waals surface area contributed by atoms with Crippen molar-refractivity contribution in [1.82, 2.24) is 10.2 Å². The molecule has 0 unspecified atom stereocenters. The van der Waals surface area contributed by atoms with Gasteiger partial charge in [-0.25, -0.2) is 0 Å². The predicted molar refractivity (Wildman–Crippen MR) is 84.5 cm³/mol. The van der Waals surface area contributed by atoms with Crippen LogP contribution in [0.1, 0.15) is 25.7 Å². The number of halogens is 3. The second-order valence-corrected chi connectivity index (χ2v) is 6.64. The molecule has 0 aromatic carbocycles. The molecule has 2 N–H and O–H groups in total. The number of carboxylic acids is 1. The molecule has 9 heteroatoms. The number of carbonyl (C=O) groups excluding carboxylic acids is 1. The number of nitrogens with zero attached hydrogens (tertiary/aromatic N) is 2. The number of amides is 1. The zero-order valence-corrected chi connectivity index (χ0v) is 14.7. The lowest BCUT2D eigenvalue weighted by atomic mass is 10.2. The van der Waals surface area contributed by atoms with E-state index in [9.17, 15) is 22.8 Å². The highest BCUT2D eigenvalue weighted by atomic mass is 19.4. The number of hydrogen-bond donors (Lipinski definition) is 2. The van der Waals surface area contributed by atoms with Gasteiger partial charge in [0.1, 0.15) is 0 Å². The summed E-state index contributed by atoms with van der Waals surface area (Å²) < 4.78 is 36.8. The summed E-state index contributed by atoms with van der Waals surface area (Å²) >= 11 is 0. The lowest BCUT2D eigenvalue weighted by Gasteiger charge is -2.30. The molecular weight excluding hydrogens is 327 g/mol. The molecule has 0 fully saturated rings. The van der Waals surface area contributed by atoms with Crippen molar-refractivity contribution in [3.63, 3.8) is 0 Å². The Morgan fingerprint density at radius 1 is 1.08 bits per heavy atom. The van der Waals surface area contributed by atoms with Gasteiger partial charge in [0, 0.05) is 32.4 Å². The second kappa shape index (κ2) is 10.5. The highest BCUT2D eigenvalue weighted by Gasteiger charge is 2.38. The number of rotatable bonds is 12. The van der Waals surface area contributed by atoms with Crippen LogP contribution < -0.4 is 5.32 Å². The van der Waals surface area contributed by atoms with Gasteiger partial charge in [-0.1, -0.05) is 0 Å². The van der Waals surface area contributed by atoms with Gasteiger partial charge in [-0.05, 0) is 20.0 Å². The lowest BCUT2D eigenvalue weighted by molar-refractivity contribution is -0.890. The van der Waals surface area contributed by atoms with E-state index in [1.165, 1.54) is 0 Å². The molecule has 0 atom stereocenters. The summed E-state index contributed by atoms with van der Waals surface area (Å²) in [6, 6.07) is 0. The summed E-state index contributed by atoms with van der Waals surface area (Å²) in [5.74, 6) is -2.69. The number of carboxylic acid groups (broad SMARTS) is 1. The van der Waals surface area contributed by atoms with Crippen molar-refractivity contribution >= 4 is 11.9 Å². The molecule has 0 saturated carbocycles. The van der Waals surface area contributed by atoms with Crippen molar-refractivity contribution in [1.29, 1.82) is 0 Å². The summed E-state index contributed by atoms with van der Waals surface area (Å²) in [5.41, 5.74) is 0. The van der Waals surface area contributed by atoms with Gasteiger partial charge >= 0.3 is 18.1 Å². The van der Waals surface area contributed by atoms with Gasteiger partial charge in [-0.2, -0.15) is 13.2 Å². The van der Waals surface area contributed by atoms with Gasteiger partial charge in [0.05, 0.1) is 27.2 Å². The molecule has 0 rings (SSSR count). The quantitative estimate of drug-likeness (QED) is 0.409. The molecule has 0 aromatic rings. The summed E-state index contributed by atoms with van der Waals surface area (Å²) in [7, 11) is 5.93. The maximum absolute atomic E-state index is 12.0. The number of hydrogen-bond acceptors (Lipinski definition) is 3. The first-order chi connectivity index (χ1) is 10.9. The first kappa shape index (κ1) is 22.6. The summed E-state index contributed by atoms with van der Waals surface area (Å²) in [6.45, 7) is 3.10. The van der Waals surface area contributed by atoms with E-state index in [-0.39, 0.29) is 13.0 Å². The molecule has 0 saturated heterocycles. The molecule has 0 aromatic heterocycles. The fourth-order valence-electron chi connectivity index (χ4n) is 2.30. The van der Waals surface area contributed by atoms with E-state index < -0.39 is 18.1 Å². The molecule has 1 amide bonds. The van der Waals surface area contributed by atoms with E-state index in [1.54, 1.807) is 0 Å². The minimum atomic E-state index is -4.82. The molecule has 0 aliphatic carbocycles. The van der Waals surface area contributed by atoms with Gasteiger partial charge in [0.2, 0.25) is 0 Å². The lowest BCUT2D eigenvalue weighted by Crippen LogP contribution is -2.44. The first-order valence-electron chi connectivity index (χ1n) is 8.01. The van der Waals surface area contributed by atoms with E-state index in [1.807, 2.05) is 26.5 Å². The smallest absolute Gasteiger partial charge is 0.471 e. The van der Waals surface area contributed by atoms with E-state index in [2.05, 4.69) is 4.90 Å². The molecule has 24 heavy (non-hydrogen) atoms. The zero-order chi connectivity index (χ0) is 18.8. The number of nitrogens with one attached hydrogen (secondary N) is 1. The van der Waals surface area contributed by atoms with Crippen molar-refractivity contribution in [2.45, 2.75) is 31.9 Å². The van der Waals surface area contributed by atoms with Crippen LogP contribution in [0.4, 0.5) is 13.2 Å². The number of aliphatic carboxylic acids is 1. The van der Waals surface area contributed by atoms with Crippen LogP contribution in [0.15, 0.2) is 0 Å². The molecule has 0 spiro atoms. The van der Waals surface area contributed by atoms with Crippen LogP contribution in [0.25, 0.3) is 0 Å². The van der Waals surface area contributed by atoms with Crippen LogP contribution in [-0.4, -0.2) is 86.4 Å². The van der Waals surface area contributed by atoms with Crippen LogP contribution in [0.5, 0.6) is 0 Å². The summed E-state index contributed by atoms with van der Waals surface area (Å²) in [4.78, 5) is 23.2. The van der Waals surface area contributed by atoms with Crippen molar-refractivity contribution in [2.24, 2.45) is 0 Å². The molecule has 0 bridgehead atoms. The maximum Gasteiger partial charge on any atom is 0.471 e. The minimum Gasteiger partial charge on any atom is -0.481 e. The van der Waals surface area contributed by atoms with Gasteiger partial charge in [0.25, 0.3) is 0 Å². The van der Waals surface area contributed by atoms with E-state index in [4.69, 9.17) is 5.11 Å². The normalized spacial score (nSPS) is 12.5. The second-order valence-electron chi connectivity index (χ2n) is 6.64. The Balaban J connectivity index is 3.82. The molecule has 6 nitrogen and oxygen atoms in total. The third-order valence-corrected chi connectivity index (χ3v) is 3.72. The highest BCUT2D eigenvalue weighted by molar-refractivity contribution is 5.81. The average Bonchev–Trinajstić information content (AvgIpc) is 2.41. The van der Waals surface area contributed by atoms with Crippen LogP contribution >= 0.6 is 0 Å². The maximum atomic E-state index is 12.0. The van der Waals surface area contributed by atoms with Gasteiger partial charge in [0.15, 0.2) is 0 Å². The summed E-state index contributed by atoms with van der Waals surface area (Å²) in [6.07, 6.45) is -2.66. The third-order valence-electron chi connectivity index (χ3n) is 3.72. The third kappa shape index (κ3) is 12.1. The van der Waals surface area contributed by atoms with E-state index in [0.717, 1.165) is 26.1 Å². The Bertz CT molecular complexity index is 401. The number of quaternary nitrogens is 1. The Labute approximate surface area is 141 Å². The SMILES string of the molecule is CN(CCCC(=O)O)CCC[N+](C)(C)CCCNC(=O)C(F)(F)F. The minimum absolute atomic E-state index is 0.00904. The molecule has 142 valence electrons. The van der Waals surface area contributed by atoms with Crippen LogP contribution in [-0.2, 0) is 9.59 Å². The van der Waals surface area contributed by atoms with Crippen LogP contribution in [0.2, 0.25) is 0 Å². The zero-order valence-electron chi connectivity index (χ0n) is 14.7. The van der Waals surface area contributed by atoms with Crippen molar-refractivity contribution in [3.8, 4) is 0 Å². The van der Waals surface area contributed by atoms with E-state index >= 15 is 0 Å². The van der Waals surface area contributed by atoms with Crippen molar-refractivity contribution in [3.05, 3.63) is 0 Å². The van der Waals surface area contributed by atoms with Gasteiger partial charge in [-0.3, -0.25) is 9.59 Å². The number of carbonyl (C=O) groups is 2. The summed E-state index contributed by atoms with van der Waals surface area (Å²) in [5, 5.41) is 10.5. The van der Waals surface area contributed by atoms with Crippen molar-refractivity contribution in [2.75, 3.05) is 53.9 Å². The Morgan fingerprint density at radius 2 is 1.62 bits per heavy atom. The van der Waals surface area contributed by atoms with Crippen molar-refractivity contribution < 1.29 is 32.3 Å². The average molecular weight is 356 g/mol. The van der Waals surface area contributed by atoms with Crippen LogP contribution in [0, 0.1) is 0 Å². The first-order valence-corrected chi connectivity index (χ1v) is 8.01. The molecule has 0 aliphatic rings. The van der Waals surface area contributed by atoms with Gasteiger partial charge in [-0.15, -0.1) is 0 Å². The number of alkyl halides is 3. The Hall–Kier alpha value is -1.35. The molecule has 0 radical (unpaired) electrons. The predicted octanol–water partition coefficient (Wildman–Crippen LogP) is 1.32. The Morgan fingerprint density at radius 3 is 2.17 bits per heavy atom. The Kier molecular flexibility index (Phi) is 9.91. The van der Waals surface area contributed by atoms with Crippen LogP contribution in [0.3, 0.4) is 0 Å². The van der Waals surface area contributed by atoms with Gasteiger partial charge < -0.3 is 19.8 Å². The highest BCUT2D eigenvalue weighted by Crippen LogP contribution is 2.14. The fraction of sp³-hybridized carbons (Fsp3) is 0.867. The standard InChI is InChI=1S/C15H28F3N3O3/c1-20(9-4-7-13(22)23)10-6-12-21(2,3)11-5-8-19-14(24)15(16,17)18/h4-12H2,1-3H3,(H-,19,22,23,24)/p+1. The largest absolute Gasteiger partial charge is 0.481 e. The molecule has 0 aliphatic heterocycles. The topological polar surface area (TPSA) is 69.6 Å². The fourth-order valence-corrected chi connectivity index (χ4v) is 2.30. The molecular formula is C15H29F3N3O3+. The monoisotopic (exact) mass is 356 g/mol.